The summed E-state index contributed by atoms with van der Waals surface area (Å²) >= 11 is 0. The first-order valence-corrected chi connectivity index (χ1v) is 11.9. The van der Waals surface area contributed by atoms with Gasteiger partial charge in [-0.15, -0.1) is 0 Å². The summed E-state index contributed by atoms with van der Waals surface area (Å²) in [5.41, 5.74) is 1.73. The lowest BCUT2D eigenvalue weighted by molar-refractivity contribution is -0.120. The molecule has 1 fully saturated rings. The molecule has 0 unspecified atom stereocenters. The van der Waals surface area contributed by atoms with E-state index in [0.717, 1.165) is 5.56 Å². The van der Waals surface area contributed by atoms with Crippen LogP contribution in [0.25, 0.3) is 0 Å². The maximum absolute atomic E-state index is 13.3. The van der Waals surface area contributed by atoms with E-state index in [0.29, 0.717) is 30.6 Å². The van der Waals surface area contributed by atoms with Gasteiger partial charge >= 0.3 is 5.97 Å². The first-order valence-electron chi connectivity index (χ1n) is 10.5. The second-order valence-electron chi connectivity index (χ2n) is 7.64. The molecule has 1 N–H and O–H groups in total. The van der Waals surface area contributed by atoms with Crippen molar-refractivity contribution < 1.29 is 27.5 Å². The summed E-state index contributed by atoms with van der Waals surface area (Å²) in [5, 5.41) is 2.82. The number of esters is 1. The Morgan fingerprint density at radius 2 is 1.88 bits per heavy atom. The molecule has 32 heavy (non-hydrogen) atoms. The zero-order valence-corrected chi connectivity index (χ0v) is 19.3. The predicted octanol–water partition coefficient (Wildman–Crippen LogP) is 3.22. The third kappa shape index (κ3) is 5.28. The van der Waals surface area contributed by atoms with Crippen LogP contribution < -0.4 is 10.1 Å². The number of hydrogen-bond donors (Lipinski definition) is 1. The number of nitrogens with one attached hydrogen (secondary N) is 1. The largest absolute Gasteiger partial charge is 0.495 e. The van der Waals surface area contributed by atoms with Crippen molar-refractivity contribution in [3.63, 3.8) is 0 Å². The fraction of sp³-hybridized carbons (Fsp3) is 0.391. The van der Waals surface area contributed by atoms with Gasteiger partial charge in [-0.05, 0) is 68.7 Å². The molecule has 2 aromatic rings. The molecular formula is C23H28N2O6S. The van der Waals surface area contributed by atoms with Crippen LogP contribution in [-0.4, -0.2) is 51.4 Å². The van der Waals surface area contributed by atoms with E-state index in [2.05, 4.69) is 5.32 Å². The summed E-state index contributed by atoms with van der Waals surface area (Å²) < 4.78 is 38.1. The maximum atomic E-state index is 13.3. The Labute approximate surface area is 188 Å². The lowest BCUT2D eigenvalue weighted by Crippen LogP contribution is -2.43. The number of piperidine rings is 1. The Balaban J connectivity index is 1.71. The molecule has 172 valence electrons. The molecule has 3 rings (SSSR count). The van der Waals surface area contributed by atoms with Crippen molar-refractivity contribution in [2.24, 2.45) is 5.92 Å². The van der Waals surface area contributed by atoms with E-state index in [-0.39, 0.29) is 29.7 Å². The number of benzene rings is 2. The van der Waals surface area contributed by atoms with Crippen molar-refractivity contribution in [2.75, 3.05) is 32.1 Å². The van der Waals surface area contributed by atoms with Crippen LogP contribution in [0, 0.1) is 12.8 Å². The highest BCUT2D eigenvalue weighted by molar-refractivity contribution is 7.89. The van der Waals surface area contributed by atoms with E-state index >= 15 is 0 Å². The van der Waals surface area contributed by atoms with E-state index in [9.17, 15) is 18.0 Å². The van der Waals surface area contributed by atoms with Gasteiger partial charge in [0.1, 0.15) is 10.6 Å². The van der Waals surface area contributed by atoms with Gasteiger partial charge in [-0.2, -0.15) is 4.31 Å². The molecule has 8 nitrogen and oxygen atoms in total. The average molecular weight is 461 g/mol. The van der Waals surface area contributed by atoms with Crippen molar-refractivity contribution in [1.29, 1.82) is 0 Å². The van der Waals surface area contributed by atoms with Gasteiger partial charge in [-0.3, -0.25) is 4.79 Å². The second kappa shape index (κ2) is 10.1. The summed E-state index contributed by atoms with van der Waals surface area (Å²) in [7, 11) is -2.38. The Morgan fingerprint density at radius 1 is 1.16 bits per heavy atom. The molecular weight excluding hydrogens is 432 g/mol. The number of carbonyl (C=O) groups excluding carboxylic acids is 2. The number of rotatable bonds is 7. The van der Waals surface area contributed by atoms with Gasteiger partial charge in [0.15, 0.2) is 0 Å². The van der Waals surface area contributed by atoms with Crippen molar-refractivity contribution in [3.05, 3.63) is 53.6 Å². The predicted molar refractivity (Wildman–Crippen MR) is 120 cm³/mol. The van der Waals surface area contributed by atoms with Gasteiger partial charge in [0.2, 0.25) is 15.9 Å². The number of amides is 1. The number of carbonyl (C=O) groups is 2. The number of nitrogens with zero attached hydrogens (tertiary/aromatic N) is 1. The Morgan fingerprint density at radius 3 is 2.53 bits per heavy atom. The number of hydrogen-bond acceptors (Lipinski definition) is 6. The third-order valence-corrected chi connectivity index (χ3v) is 7.24. The molecule has 1 amide bonds. The zero-order chi connectivity index (χ0) is 23.3. The molecule has 2 aromatic carbocycles. The number of ether oxygens (including phenoxy) is 2. The normalized spacial score (nSPS) is 16.9. The molecule has 1 aliphatic rings. The minimum atomic E-state index is -3.81. The molecule has 9 heteroatoms. The molecule has 0 radical (unpaired) electrons. The highest BCUT2D eigenvalue weighted by atomic mass is 32.2. The Hall–Kier alpha value is -2.91. The Kier molecular flexibility index (Phi) is 7.52. The quantitative estimate of drug-likeness (QED) is 0.637. The molecule has 1 saturated heterocycles. The average Bonchev–Trinajstić information content (AvgIpc) is 2.79. The van der Waals surface area contributed by atoms with E-state index in [4.69, 9.17) is 9.47 Å². The lowest BCUT2D eigenvalue weighted by Gasteiger charge is -2.31. The smallest absolute Gasteiger partial charge is 0.338 e. The topological polar surface area (TPSA) is 102 Å². The summed E-state index contributed by atoms with van der Waals surface area (Å²) in [6.07, 6.45) is 1.16. The van der Waals surface area contributed by atoms with Crippen molar-refractivity contribution in [3.8, 4) is 5.75 Å². The molecule has 0 saturated carbocycles. The van der Waals surface area contributed by atoms with Crippen molar-refractivity contribution in [2.45, 2.75) is 31.6 Å². The van der Waals surface area contributed by atoms with Gasteiger partial charge in [0, 0.05) is 18.8 Å². The van der Waals surface area contributed by atoms with Crippen LogP contribution in [0.3, 0.4) is 0 Å². The molecule has 0 spiro atoms. The van der Waals surface area contributed by atoms with Crippen LogP contribution in [0.15, 0.2) is 47.4 Å². The van der Waals surface area contributed by atoms with Crippen LogP contribution >= 0.6 is 0 Å². The van der Waals surface area contributed by atoms with Crippen LogP contribution in [0.5, 0.6) is 5.75 Å². The highest BCUT2D eigenvalue weighted by Crippen LogP contribution is 2.31. The molecule has 1 heterocycles. The second-order valence-corrected chi connectivity index (χ2v) is 9.55. The van der Waals surface area contributed by atoms with Crippen LogP contribution in [0.4, 0.5) is 5.69 Å². The SMILES string of the molecule is CCOC(=O)c1ccc(NC(=O)[C@@H]2CCCN(S(=O)(=O)c3cc(C)ccc3OC)C2)cc1. The fourth-order valence-electron chi connectivity index (χ4n) is 3.65. The standard InChI is InChI=1S/C23H28N2O6S/c1-4-31-23(27)17-8-10-19(11-9-17)24-22(26)18-6-5-13-25(15-18)32(28,29)21-14-16(2)7-12-20(21)30-3/h7-12,14,18H,4-6,13,15H2,1-3H3,(H,24,26)/t18-/m1/s1. The molecule has 1 aliphatic heterocycles. The summed E-state index contributed by atoms with van der Waals surface area (Å²) in [6.45, 7) is 4.27. The molecule has 0 bridgehead atoms. The zero-order valence-electron chi connectivity index (χ0n) is 18.5. The third-order valence-electron chi connectivity index (χ3n) is 5.36. The number of anilines is 1. The fourth-order valence-corrected chi connectivity index (χ4v) is 5.41. The highest BCUT2D eigenvalue weighted by Gasteiger charge is 2.35. The minimum absolute atomic E-state index is 0.0895. The number of sulfonamides is 1. The Bertz CT molecular complexity index is 1080. The van der Waals surface area contributed by atoms with Crippen LogP contribution in [-0.2, 0) is 19.6 Å². The molecule has 0 aromatic heterocycles. The maximum Gasteiger partial charge on any atom is 0.338 e. The first-order chi connectivity index (χ1) is 15.3. The minimum Gasteiger partial charge on any atom is -0.495 e. The number of aryl methyl sites for hydroxylation is 1. The van der Waals surface area contributed by atoms with E-state index < -0.39 is 21.9 Å². The summed E-state index contributed by atoms with van der Waals surface area (Å²) in [4.78, 5) is 24.7. The van der Waals surface area contributed by atoms with Gasteiger partial charge in [0.05, 0.1) is 25.2 Å². The first kappa shape index (κ1) is 23.7. The van der Waals surface area contributed by atoms with Crippen molar-refractivity contribution in [1.82, 2.24) is 4.31 Å². The van der Waals surface area contributed by atoms with Gasteiger partial charge in [-0.1, -0.05) is 6.07 Å². The van der Waals surface area contributed by atoms with Crippen LogP contribution in [0.1, 0.15) is 35.7 Å². The lowest BCUT2D eigenvalue weighted by atomic mass is 9.98. The van der Waals surface area contributed by atoms with Crippen LogP contribution in [0.2, 0.25) is 0 Å². The number of methoxy groups -OCH3 is 1. The van der Waals surface area contributed by atoms with Gasteiger partial charge < -0.3 is 14.8 Å². The molecule has 1 atom stereocenters. The van der Waals surface area contributed by atoms with Gasteiger partial charge in [0.25, 0.3) is 0 Å². The van der Waals surface area contributed by atoms with E-state index in [1.807, 2.05) is 6.92 Å². The van der Waals surface area contributed by atoms with E-state index in [1.54, 1.807) is 49.4 Å². The monoisotopic (exact) mass is 460 g/mol. The molecule has 0 aliphatic carbocycles. The van der Waals surface area contributed by atoms with E-state index in [1.165, 1.54) is 11.4 Å². The van der Waals surface area contributed by atoms with Gasteiger partial charge in [-0.25, -0.2) is 13.2 Å². The van der Waals surface area contributed by atoms with Crippen molar-refractivity contribution >= 4 is 27.6 Å². The summed E-state index contributed by atoms with van der Waals surface area (Å²) in [6, 6.07) is 11.4. The summed E-state index contributed by atoms with van der Waals surface area (Å²) in [5.74, 6) is -0.891.